The number of carboxylic acids is 1. The van der Waals surface area contributed by atoms with Crippen molar-refractivity contribution in [1.29, 1.82) is 0 Å². The second kappa shape index (κ2) is 8.85. The molecule has 0 aliphatic heterocycles. The van der Waals surface area contributed by atoms with Gasteiger partial charge in [-0.1, -0.05) is 0 Å². The lowest BCUT2D eigenvalue weighted by atomic mass is 10.1. The lowest BCUT2D eigenvalue weighted by Gasteiger charge is -2.27. The van der Waals surface area contributed by atoms with Crippen LogP contribution in [0.4, 0.5) is 4.39 Å². The van der Waals surface area contributed by atoms with Crippen LogP contribution in [0.1, 0.15) is 19.4 Å². The number of benzene rings is 1. The molecule has 0 aromatic heterocycles. The van der Waals surface area contributed by atoms with Gasteiger partial charge in [-0.2, -0.15) is 0 Å². The Kier molecular flexibility index (Phi) is 7.16. The van der Waals surface area contributed by atoms with Crippen molar-refractivity contribution in [3.63, 3.8) is 0 Å². The summed E-state index contributed by atoms with van der Waals surface area (Å²) in [7, 11) is 1.40. The monoisotopic (exact) mass is 340 g/mol. The number of nitrogens with one attached hydrogen (secondary N) is 1. The summed E-state index contributed by atoms with van der Waals surface area (Å²) in [4.78, 5) is 35.7. The highest BCUT2D eigenvalue weighted by Gasteiger charge is 2.26. The molecule has 1 rings (SSSR count). The number of carboxylic acid groups (broad SMARTS) is 1. The van der Waals surface area contributed by atoms with Crippen LogP contribution in [0.15, 0.2) is 18.2 Å². The molecule has 0 spiro atoms. The fraction of sp³-hybridized carbons (Fsp3) is 0.438. The van der Waals surface area contributed by atoms with Crippen molar-refractivity contribution in [2.24, 2.45) is 0 Å². The minimum Gasteiger partial charge on any atom is -0.496 e. The van der Waals surface area contributed by atoms with E-state index in [9.17, 15) is 18.8 Å². The number of aliphatic carboxylic acids is 1. The molecule has 132 valence electrons. The van der Waals surface area contributed by atoms with Crippen LogP contribution in [0.5, 0.6) is 5.75 Å². The molecule has 1 atom stereocenters. The van der Waals surface area contributed by atoms with Crippen LogP contribution < -0.4 is 10.1 Å². The number of carbonyl (C=O) groups excluding carboxylic acids is 2. The van der Waals surface area contributed by atoms with Crippen molar-refractivity contribution < 1.29 is 28.6 Å². The summed E-state index contributed by atoms with van der Waals surface area (Å²) < 4.78 is 18.5. The summed E-state index contributed by atoms with van der Waals surface area (Å²) in [6.45, 7) is 2.85. The Labute approximate surface area is 139 Å². The van der Waals surface area contributed by atoms with Crippen molar-refractivity contribution in [2.45, 2.75) is 26.3 Å². The summed E-state index contributed by atoms with van der Waals surface area (Å²) in [5.41, 5.74) is 0.324. The van der Waals surface area contributed by atoms with Crippen molar-refractivity contribution in [1.82, 2.24) is 10.2 Å². The van der Waals surface area contributed by atoms with Crippen LogP contribution >= 0.6 is 0 Å². The van der Waals surface area contributed by atoms with Crippen LogP contribution in [-0.4, -0.2) is 54.0 Å². The number of nitrogens with zero attached hydrogens (tertiary/aromatic N) is 1. The molecule has 0 saturated heterocycles. The van der Waals surface area contributed by atoms with Gasteiger partial charge in [-0.3, -0.25) is 9.59 Å². The second-order valence-corrected chi connectivity index (χ2v) is 5.22. The maximum absolute atomic E-state index is 13.4. The zero-order valence-corrected chi connectivity index (χ0v) is 13.8. The summed E-state index contributed by atoms with van der Waals surface area (Å²) in [6, 6.07) is 2.71. The maximum Gasteiger partial charge on any atom is 0.326 e. The van der Waals surface area contributed by atoms with Gasteiger partial charge in [-0.05, 0) is 25.1 Å². The Bertz CT molecular complexity index is 620. The lowest BCUT2D eigenvalue weighted by molar-refractivity contribution is -0.149. The number of rotatable bonds is 8. The zero-order chi connectivity index (χ0) is 18.3. The van der Waals surface area contributed by atoms with Crippen LogP contribution in [0, 0.1) is 5.82 Å². The average molecular weight is 340 g/mol. The van der Waals surface area contributed by atoms with E-state index >= 15 is 0 Å². The van der Waals surface area contributed by atoms with Gasteiger partial charge in [0.15, 0.2) is 0 Å². The van der Waals surface area contributed by atoms with Gasteiger partial charge in [0, 0.05) is 25.6 Å². The first-order chi connectivity index (χ1) is 11.3. The van der Waals surface area contributed by atoms with Crippen molar-refractivity contribution >= 4 is 17.8 Å². The predicted octanol–water partition coefficient (Wildman–Crippen LogP) is 0.815. The fourth-order valence-electron chi connectivity index (χ4n) is 2.17. The summed E-state index contributed by atoms with van der Waals surface area (Å²) in [6.07, 6.45) is -0.210. The summed E-state index contributed by atoms with van der Waals surface area (Å²) in [5.74, 6) is -2.13. The van der Waals surface area contributed by atoms with Gasteiger partial charge in [-0.25, -0.2) is 9.18 Å². The third-order valence-electron chi connectivity index (χ3n) is 3.46. The normalized spacial score (nSPS) is 11.5. The number of methoxy groups -OCH3 is 1. The van der Waals surface area contributed by atoms with Gasteiger partial charge < -0.3 is 20.1 Å². The number of hydrogen-bond donors (Lipinski definition) is 2. The largest absolute Gasteiger partial charge is 0.496 e. The van der Waals surface area contributed by atoms with E-state index in [1.165, 1.54) is 39.2 Å². The minimum atomic E-state index is -1.17. The lowest BCUT2D eigenvalue weighted by Crippen LogP contribution is -2.47. The molecule has 0 saturated carbocycles. The van der Waals surface area contributed by atoms with E-state index in [0.29, 0.717) is 11.3 Å². The minimum absolute atomic E-state index is 0.0313. The number of halogens is 1. The molecule has 0 radical (unpaired) electrons. The van der Waals surface area contributed by atoms with Gasteiger partial charge in [0.1, 0.15) is 17.6 Å². The quantitative estimate of drug-likeness (QED) is 0.730. The number of amides is 2. The van der Waals surface area contributed by atoms with Crippen molar-refractivity contribution in [2.75, 3.05) is 20.2 Å². The molecular weight excluding hydrogens is 319 g/mol. The highest BCUT2D eigenvalue weighted by molar-refractivity contribution is 5.85. The van der Waals surface area contributed by atoms with Crippen LogP contribution in [0.25, 0.3) is 0 Å². The molecule has 1 aromatic carbocycles. The Hall–Kier alpha value is -2.64. The Morgan fingerprint density at radius 1 is 1.38 bits per heavy atom. The zero-order valence-electron chi connectivity index (χ0n) is 13.8. The molecule has 0 bridgehead atoms. The Morgan fingerprint density at radius 3 is 2.58 bits per heavy atom. The van der Waals surface area contributed by atoms with E-state index < -0.39 is 23.7 Å². The Morgan fingerprint density at radius 2 is 2.04 bits per heavy atom. The summed E-state index contributed by atoms with van der Waals surface area (Å²) in [5, 5.41) is 11.7. The SMILES string of the molecule is COc1ccc(F)cc1CC(=O)N(CCNC(C)=O)C(C)C(=O)O. The average Bonchev–Trinajstić information content (AvgIpc) is 2.50. The Balaban J connectivity index is 2.93. The molecule has 7 nitrogen and oxygen atoms in total. The highest BCUT2D eigenvalue weighted by Crippen LogP contribution is 2.21. The van der Waals surface area contributed by atoms with E-state index in [-0.39, 0.29) is 25.4 Å². The third-order valence-corrected chi connectivity index (χ3v) is 3.46. The predicted molar refractivity (Wildman–Crippen MR) is 84.2 cm³/mol. The van der Waals surface area contributed by atoms with Crippen LogP contribution in [0.2, 0.25) is 0 Å². The van der Waals surface area contributed by atoms with Gasteiger partial charge in [0.2, 0.25) is 11.8 Å². The molecule has 0 aliphatic carbocycles. The first kappa shape index (κ1) is 19.4. The molecular formula is C16H21FN2O5. The third kappa shape index (κ3) is 5.53. The van der Waals surface area contributed by atoms with Gasteiger partial charge in [-0.15, -0.1) is 0 Å². The maximum atomic E-state index is 13.4. The van der Waals surface area contributed by atoms with Gasteiger partial charge in [0.25, 0.3) is 0 Å². The number of ether oxygens (including phenoxy) is 1. The topological polar surface area (TPSA) is 95.9 Å². The highest BCUT2D eigenvalue weighted by atomic mass is 19.1. The van der Waals surface area contributed by atoms with E-state index in [4.69, 9.17) is 9.84 Å². The van der Waals surface area contributed by atoms with Crippen molar-refractivity contribution in [3.05, 3.63) is 29.6 Å². The van der Waals surface area contributed by atoms with Gasteiger partial charge in [0.05, 0.1) is 13.5 Å². The molecule has 0 fully saturated rings. The smallest absolute Gasteiger partial charge is 0.326 e. The molecule has 1 aromatic rings. The molecule has 2 N–H and O–H groups in total. The first-order valence-electron chi connectivity index (χ1n) is 7.35. The molecule has 0 heterocycles. The number of carbonyl (C=O) groups is 3. The standard InChI is InChI=1S/C16H21FN2O5/c1-10(16(22)23)19(7-6-18-11(2)20)15(21)9-12-8-13(17)4-5-14(12)24-3/h4-5,8,10H,6-7,9H2,1-3H3,(H,18,20)(H,22,23). The van der Waals surface area contributed by atoms with Crippen LogP contribution in [-0.2, 0) is 20.8 Å². The van der Waals surface area contributed by atoms with E-state index in [1.807, 2.05) is 0 Å². The summed E-state index contributed by atoms with van der Waals surface area (Å²) >= 11 is 0. The molecule has 8 heteroatoms. The van der Waals surface area contributed by atoms with Crippen molar-refractivity contribution in [3.8, 4) is 5.75 Å². The second-order valence-electron chi connectivity index (χ2n) is 5.22. The molecule has 0 aliphatic rings. The molecule has 24 heavy (non-hydrogen) atoms. The van der Waals surface area contributed by atoms with Gasteiger partial charge >= 0.3 is 5.97 Å². The number of hydrogen-bond acceptors (Lipinski definition) is 4. The van der Waals surface area contributed by atoms with E-state index in [2.05, 4.69) is 5.32 Å². The van der Waals surface area contributed by atoms with Crippen LogP contribution in [0.3, 0.4) is 0 Å². The first-order valence-corrected chi connectivity index (χ1v) is 7.35. The van der Waals surface area contributed by atoms with E-state index in [0.717, 1.165) is 4.90 Å². The molecule has 2 amide bonds. The molecule has 1 unspecified atom stereocenters. The fourth-order valence-corrected chi connectivity index (χ4v) is 2.17. The van der Waals surface area contributed by atoms with E-state index in [1.54, 1.807) is 0 Å².